The minimum Gasteiger partial charge on any atom is -0.444 e. The van der Waals surface area contributed by atoms with Crippen molar-refractivity contribution in [2.45, 2.75) is 108 Å². The predicted molar refractivity (Wildman–Crippen MR) is 213 cm³/mol. The van der Waals surface area contributed by atoms with Crippen molar-refractivity contribution >= 4 is 59.0 Å². The molecule has 2 heterocycles. The lowest BCUT2D eigenvalue weighted by molar-refractivity contribution is -0.144. The SMILES string of the molecule is CCCC(NC(=O)[C@@H]1CC2(CN1C(=O)C(NC(=O)OC(C)(C)C)C(C)(C)C)SCCCS2)C(=O)C(=O)NCC(=O)NC(c1ccccc1)c1ccccc1. The summed E-state index contributed by atoms with van der Waals surface area (Å²) in [7, 11) is 0. The molecule has 0 bridgehead atoms. The topological polar surface area (TPSA) is 163 Å². The maximum atomic E-state index is 14.4. The number of nitrogens with one attached hydrogen (secondary N) is 4. The van der Waals surface area contributed by atoms with Gasteiger partial charge in [-0.25, -0.2) is 4.79 Å². The van der Waals surface area contributed by atoms with E-state index < -0.39 is 81.3 Å². The number of amides is 5. The lowest BCUT2D eigenvalue weighted by atomic mass is 9.85. The molecule has 2 fully saturated rings. The summed E-state index contributed by atoms with van der Waals surface area (Å²) >= 11 is 3.43. The molecule has 5 amide bonds. The lowest BCUT2D eigenvalue weighted by Gasteiger charge is -2.36. The second-order valence-corrected chi connectivity index (χ2v) is 19.0. The van der Waals surface area contributed by atoms with Crippen LogP contribution in [0.5, 0.6) is 0 Å². The average molecular weight is 782 g/mol. The number of ketones is 1. The van der Waals surface area contributed by atoms with Crippen molar-refractivity contribution < 1.29 is 33.5 Å². The third-order valence-corrected chi connectivity index (χ3v) is 12.4. The number of alkyl carbamates (subject to hydrolysis) is 1. The van der Waals surface area contributed by atoms with Crippen molar-refractivity contribution in [3.63, 3.8) is 0 Å². The van der Waals surface area contributed by atoms with Gasteiger partial charge in [0.05, 0.1) is 22.7 Å². The maximum absolute atomic E-state index is 14.4. The van der Waals surface area contributed by atoms with Crippen LogP contribution in [0, 0.1) is 5.41 Å². The van der Waals surface area contributed by atoms with Crippen LogP contribution in [-0.2, 0) is 28.7 Å². The smallest absolute Gasteiger partial charge is 0.408 e. The van der Waals surface area contributed by atoms with E-state index in [2.05, 4.69) is 21.3 Å². The Morgan fingerprint density at radius 1 is 0.852 bits per heavy atom. The van der Waals surface area contributed by atoms with Gasteiger partial charge in [-0.2, -0.15) is 0 Å². The Hall–Kier alpha value is -4.04. The highest BCUT2D eigenvalue weighted by molar-refractivity contribution is 8.18. The molecule has 1 spiro atoms. The highest BCUT2D eigenvalue weighted by atomic mass is 32.2. The molecule has 2 saturated heterocycles. The van der Waals surface area contributed by atoms with Crippen LogP contribution >= 0.6 is 23.5 Å². The molecule has 12 nitrogen and oxygen atoms in total. The van der Waals surface area contributed by atoms with Gasteiger partial charge in [0.15, 0.2) is 0 Å². The number of hydrogen-bond acceptors (Lipinski definition) is 9. The van der Waals surface area contributed by atoms with E-state index in [4.69, 9.17) is 4.74 Å². The highest BCUT2D eigenvalue weighted by Crippen LogP contribution is 2.50. The van der Waals surface area contributed by atoms with Crippen molar-refractivity contribution in [1.29, 1.82) is 0 Å². The first-order valence-corrected chi connectivity index (χ1v) is 20.5. The Bertz CT molecular complexity index is 1600. The third-order valence-electron chi connectivity index (χ3n) is 9.09. The quantitative estimate of drug-likeness (QED) is 0.206. The van der Waals surface area contributed by atoms with Crippen LogP contribution in [-0.4, -0.2) is 92.8 Å². The molecule has 0 aliphatic carbocycles. The molecule has 3 atom stereocenters. The number of carbonyl (C=O) groups is 6. The standard InChI is InChI=1S/C40H55N5O7S2/c1-8-16-28(32(47)35(49)41-24-30(46)43-31(26-17-11-9-12-18-26)27-19-13-10-14-20-27)42-34(48)29-23-40(53-21-15-22-54-40)25-45(29)36(50)33(38(2,3)4)44-37(51)52-39(5,6)7/h9-14,17-20,28-29,31,33H,8,15-16,21-25H2,1-7H3,(H,41,49)(H,42,48)(H,43,46)(H,44,51)/t28?,29-,33?/m0/s1. The van der Waals surface area contributed by atoms with Crippen molar-refractivity contribution in [1.82, 2.24) is 26.2 Å². The largest absolute Gasteiger partial charge is 0.444 e. The van der Waals surface area contributed by atoms with Crippen LogP contribution in [0.3, 0.4) is 0 Å². The number of likely N-dealkylation sites (tertiary alicyclic amines) is 1. The second kappa shape index (κ2) is 18.5. The molecule has 2 unspecified atom stereocenters. The molecule has 294 valence electrons. The lowest BCUT2D eigenvalue weighted by Crippen LogP contribution is -2.59. The summed E-state index contributed by atoms with van der Waals surface area (Å²) in [4.78, 5) is 82.8. The van der Waals surface area contributed by atoms with Crippen LogP contribution in [0.2, 0.25) is 0 Å². The van der Waals surface area contributed by atoms with Gasteiger partial charge in [-0.3, -0.25) is 24.0 Å². The Morgan fingerprint density at radius 2 is 1.43 bits per heavy atom. The second-order valence-electron chi connectivity index (χ2n) is 15.8. The van der Waals surface area contributed by atoms with Crippen LogP contribution in [0.25, 0.3) is 0 Å². The van der Waals surface area contributed by atoms with E-state index in [-0.39, 0.29) is 13.0 Å². The number of benzene rings is 2. The van der Waals surface area contributed by atoms with E-state index in [1.807, 2.05) is 88.4 Å². The van der Waals surface area contributed by atoms with Crippen molar-refractivity contribution in [2.24, 2.45) is 5.41 Å². The van der Waals surface area contributed by atoms with Gasteiger partial charge in [0, 0.05) is 13.0 Å². The van der Waals surface area contributed by atoms with Gasteiger partial charge in [-0.15, -0.1) is 23.5 Å². The van der Waals surface area contributed by atoms with Gasteiger partial charge in [-0.1, -0.05) is 94.8 Å². The van der Waals surface area contributed by atoms with Crippen LogP contribution < -0.4 is 21.3 Å². The molecule has 0 aromatic heterocycles. The predicted octanol–water partition coefficient (Wildman–Crippen LogP) is 4.97. The Balaban J connectivity index is 1.47. The van der Waals surface area contributed by atoms with E-state index in [0.717, 1.165) is 29.1 Å². The summed E-state index contributed by atoms with van der Waals surface area (Å²) in [5.41, 5.74) is 0.191. The summed E-state index contributed by atoms with van der Waals surface area (Å²) < 4.78 is 5.04. The van der Waals surface area contributed by atoms with E-state index in [1.54, 1.807) is 44.3 Å². The summed E-state index contributed by atoms with van der Waals surface area (Å²) in [6.07, 6.45) is 1.26. The number of nitrogens with zero attached hydrogens (tertiary/aromatic N) is 1. The molecular formula is C40H55N5O7S2. The molecule has 14 heteroatoms. The summed E-state index contributed by atoms with van der Waals surface area (Å²) in [5.74, 6) is -1.60. The van der Waals surface area contributed by atoms with Gasteiger partial charge in [0.25, 0.3) is 5.91 Å². The monoisotopic (exact) mass is 781 g/mol. The van der Waals surface area contributed by atoms with Crippen molar-refractivity contribution in [3.05, 3.63) is 71.8 Å². The van der Waals surface area contributed by atoms with E-state index in [1.165, 1.54) is 4.90 Å². The fourth-order valence-corrected chi connectivity index (χ4v) is 9.81. The van der Waals surface area contributed by atoms with Crippen molar-refractivity contribution in [2.75, 3.05) is 24.6 Å². The minimum absolute atomic E-state index is 0.175. The fourth-order valence-electron chi connectivity index (χ4n) is 6.46. The average Bonchev–Trinajstić information content (AvgIpc) is 3.49. The molecule has 2 aliphatic rings. The van der Waals surface area contributed by atoms with E-state index >= 15 is 0 Å². The number of ether oxygens (including phenoxy) is 1. The normalized spacial score (nSPS) is 18.0. The molecule has 4 rings (SSSR count). The number of thioether (sulfide) groups is 2. The molecule has 4 N–H and O–H groups in total. The number of hydrogen-bond donors (Lipinski definition) is 4. The maximum Gasteiger partial charge on any atom is 0.408 e. The third kappa shape index (κ3) is 11.7. The van der Waals surface area contributed by atoms with Gasteiger partial charge < -0.3 is 30.9 Å². The highest BCUT2D eigenvalue weighted by Gasteiger charge is 2.53. The molecule has 54 heavy (non-hydrogen) atoms. The van der Waals surface area contributed by atoms with E-state index in [9.17, 15) is 28.8 Å². The van der Waals surface area contributed by atoms with Gasteiger partial charge in [0.2, 0.25) is 23.5 Å². The van der Waals surface area contributed by atoms with Crippen LogP contribution in [0.1, 0.15) is 91.3 Å². The number of carbonyl (C=O) groups excluding carboxylic acids is 6. The molecule has 0 saturated carbocycles. The Kier molecular flexibility index (Phi) is 14.7. The number of Topliss-reactive ketones (excluding diaryl/α,β-unsaturated/α-hetero) is 1. The van der Waals surface area contributed by atoms with E-state index in [0.29, 0.717) is 12.8 Å². The minimum atomic E-state index is -1.18. The first-order chi connectivity index (χ1) is 25.4. The van der Waals surface area contributed by atoms with Gasteiger partial charge in [-0.05, 0) is 61.7 Å². The molecule has 2 aromatic rings. The van der Waals surface area contributed by atoms with Crippen molar-refractivity contribution in [3.8, 4) is 0 Å². The summed E-state index contributed by atoms with van der Waals surface area (Å²) in [5, 5.41) is 10.9. The first kappa shape index (κ1) is 42.7. The Morgan fingerprint density at radius 3 is 1.94 bits per heavy atom. The zero-order valence-corrected chi connectivity index (χ0v) is 34.0. The summed E-state index contributed by atoms with van der Waals surface area (Å²) in [6, 6.07) is 15.2. The van der Waals surface area contributed by atoms with Gasteiger partial charge in [0.1, 0.15) is 17.7 Å². The number of rotatable bonds is 13. The summed E-state index contributed by atoms with van der Waals surface area (Å²) in [6.45, 7) is 12.3. The molecule has 2 aromatic carbocycles. The molecular weight excluding hydrogens is 727 g/mol. The van der Waals surface area contributed by atoms with Crippen LogP contribution in [0.15, 0.2) is 60.7 Å². The zero-order valence-electron chi connectivity index (χ0n) is 32.4. The van der Waals surface area contributed by atoms with Gasteiger partial charge >= 0.3 is 6.09 Å². The first-order valence-electron chi connectivity index (χ1n) is 18.5. The molecule has 0 radical (unpaired) electrons. The van der Waals surface area contributed by atoms with Crippen LogP contribution in [0.4, 0.5) is 4.79 Å². The molecule has 2 aliphatic heterocycles. The fraction of sp³-hybridized carbons (Fsp3) is 0.550. The Labute approximate surface area is 327 Å². The zero-order chi connectivity index (χ0) is 39.7.